The molecule has 2 atom stereocenters. The maximum Gasteiger partial charge on any atom is 0.0599 e. The third kappa shape index (κ3) is 1.59. The van der Waals surface area contributed by atoms with E-state index in [1.807, 2.05) is 13.1 Å². The van der Waals surface area contributed by atoms with Crippen LogP contribution < -0.4 is 5.32 Å². The van der Waals surface area contributed by atoms with Gasteiger partial charge in [-0.2, -0.15) is 0 Å². The van der Waals surface area contributed by atoms with E-state index in [1.54, 1.807) is 0 Å². The van der Waals surface area contributed by atoms with Crippen LogP contribution in [0.4, 0.5) is 0 Å². The van der Waals surface area contributed by atoms with E-state index in [4.69, 9.17) is 11.6 Å². The largest absolute Gasteiger partial charge is 0.391 e. The molecule has 0 aliphatic heterocycles. The number of halogens is 1. The summed E-state index contributed by atoms with van der Waals surface area (Å²) in [6.45, 7) is 4.23. The molecule has 0 aromatic rings. The number of hydrogen-bond donors (Lipinski definition) is 1. The minimum atomic E-state index is 0.140. The van der Waals surface area contributed by atoms with Gasteiger partial charge in [-0.3, -0.25) is 0 Å². The zero-order chi connectivity index (χ0) is 8.43. The number of alkyl halides is 1. The lowest BCUT2D eigenvalue weighted by Crippen LogP contribution is -2.24. The molecule has 0 amide bonds. The zero-order valence-corrected chi connectivity index (χ0v) is 7.94. The molecule has 0 heterocycles. The smallest absolute Gasteiger partial charge is 0.0599 e. The summed E-state index contributed by atoms with van der Waals surface area (Å²) in [6, 6.07) is 0. The van der Waals surface area contributed by atoms with Gasteiger partial charge >= 0.3 is 0 Å². The Morgan fingerprint density at radius 3 is 2.64 bits per heavy atom. The lowest BCUT2D eigenvalue weighted by atomic mass is 9.94. The van der Waals surface area contributed by atoms with Gasteiger partial charge in [0.05, 0.1) is 5.38 Å². The normalized spacial score (nSPS) is 30.9. The second kappa shape index (κ2) is 3.31. The Balaban J connectivity index is 2.89. The fraction of sp³-hybridized carbons (Fsp3) is 0.556. The van der Waals surface area contributed by atoms with Crippen molar-refractivity contribution in [2.24, 2.45) is 5.92 Å². The molecule has 0 radical (unpaired) electrons. The van der Waals surface area contributed by atoms with Crippen molar-refractivity contribution in [3.8, 4) is 0 Å². The highest BCUT2D eigenvalue weighted by Crippen LogP contribution is 2.26. The Morgan fingerprint density at radius 1 is 1.55 bits per heavy atom. The number of allylic oxidation sites excluding steroid dienone is 4. The summed E-state index contributed by atoms with van der Waals surface area (Å²) in [7, 11) is 1.94. The minimum Gasteiger partial charge on any atom is -0.391 e. The second-order valence-electron chi connectivity index (χ2n) is 2.94. The molecule has 0 saturated carbocycles. The third-order valence-corrected chi connectivity index (χ3v) is 2.68. The monoisotopic (exact) mass is 171 g/mol. The Morgan fingerprint density at radius 2 is 2.18 bits per heavy atom. The first-order valence-corrected chi connectivity index (χ1v) is 4.31. The van der Waals surface area contributed by atoms with Crippen LogP contribution in [0.5, 0.6) is 0 Å². The highest BCUT2D eigenvalue weighted by Gasteiger charge is 2.19. The van der Waals surface area contributed by atoms with Crippen molar-refractivity contribution in [2.75, 3.05) is 7.05 Å². The Bertz CT molecular complexity index is 206. The molecule has 62 valence electrons. The summed E-state index contributed by atoms with van der Waals surface area (Å²) in [5.74, 6) is 0.409. The molecule has 2 unspecified atom stereocenters. The molecular formula is C9H14ClN. The van der Waals surface area contributed by atoms with Crippen molar-refractivity contribution in [1.82, 2.24) is 5.32 Å². The van der Waals surface area contributed by atoms with Gasteiger partial charge in [-0.1, -0.05) is 19.1 Å². The summed E-state index contributed by atoms with van der Waals surface area (Å²) < 4.78 is 0. The van der Waals surface area contributed by atoms with Crippen LogP contribution in [0.2, 0.25) is 0 Å². The summed E-state index contributed by atoms with van der Waals surface area (Å²) in [4.78, 5) is 0. The van der Waals surface area contributed by atoms with Gasteiger partial charge in [0.15, 0.2) is 0 Å². The zero-order valence-electron chi connectivity index (χ0n) is 7.19. The molecule has 2 heteroatoms. The molecule has 1 aliphatic rings. The molecule has 0 saturated heterocycles. The van der Waals surface area contributed by atoms with Gasteiger partial charge in [0.1, 0.15) is 0 Å². The molecule has 0 aromatic carbocycles. The van der Waals surface area contributed by atoms with Crippen LogP contribution in [0.1, 0.15) is 13.8 Å². The highest BCUT2D eigenvalue weighted by molar-refractivity contribution is 6.22. The number of nitrogens with one attached hydrogen (secondary N) is 1. The van der Waals surface area contributed by atoms with Crippen LogP contribution in [-0.4, -0.2) is 12.4 Å². The molecule has 0 aromatic heterocycles. The SMILES string of the molecule is CNC1=C(C)C=CC(Cl)C1C. The lowest BCUT2D eigenvalue weighted by molar-refractivity contribution is 0.633. The topological polar surface area (TPSA) is 12.0 Å². The molecule has 1 rings (SSSR count). The molecule has 0 fully saturated rings. The van der Waals surface area contributed by atoms with Crippen molar-refractivity contribution in [1.29, 1.82) is 0 Å². The number of hydrogen-bond acceptors (Lipinski definition) is 1. The standard InChI is InChI=1S/C9H14ClN/c1-6-4-5-8(10)7(2)9(6)11-3/h4-5,7-8,11H,1-3H3. The maximum atomic E-state index is 6.04. The quantitative estimate of drug-likeness (QED) is 0.597. The van der Waals surface area contributed by atoms with E-state index >= 15 is 0 Å². The van der Waals surface area contributed by atoms with E-state index in [2.05, 4.69) is 25.2 Å². The lowest BCUT2D eigenvalue weighted by Gasteiger charge is -2.24. The first kappa shape index (κ1) is 8.66. The van der Waals surface area contributed by atoms with E-state index < -0.39 is 0 Å². The van der Waals surface area contributed by atoms with Gasteiger partial charge in [-0.15, -0.1) is 11.6 Å². The van der Waals surface area contributed by atoms with Crippen molar-refractivity contribution < 1.29 is 0 Å². The average molecular weight is 172 g/mol. The second-order valence-corrected chi connectivity index (χ2v) is 3.44. The van der Waals surface area contributed by atoms with E-state index in [0.29, 0.717) is 5.92 Å². The van der Waals surface area contributed by atoms with Crippen molar-refractivity contribution in [3.63, 3.8) is 0 Å². The predicted molar refractivity (Wildman–Crippen MR) is 49.7 cm³/mol. The molecule has 1 N–H and O–H groups in total. The van der Waals surface area contributed by atoms with E-state index in [-0.39, 0.29) is 5.38 Å². The summed E-state index contributed by atoms with van der Waals surface area (Å²) in [6.07, 6.45) is 4.12. The molecular weight excluding hydrogens is 158 g/mol. The van der Waals surface area contributed by atoms with Crippen molar-refractivity contribution in [3.05, 3.63) is 23.4 Å². The molecule has 0 bridgehead atoms. The van der Waals surface area contributed by atoms with Gasteiger partial charge in [0.2, 0.25) is 0 Å². The Labute approximate surface area is 73.1 Å². The molecule has 0 spiro atoms. The summed E-state index contributed by atoms with van der Waals surface area (Å²) >= 11 is 6.04. The first-order chi connectivity index (χ1) is 5.16. The highest BCUT2D eigenvalue weighted by atomic mass is 35.5. The average Bonchev–Trinajstić information content (AvgIpc) is 1.99. The van der Waals surface area contributed by atoms with Crippen LogP contribution >= 0.6 is 11.6 Å². The molecule has 11 heavy (non-hydrogen) atoms. The molecule has 1 aliphatic carbocycles. The van der Waals surface area contributed by atoms with Gasteiger partial charge in [0.25, 0.3) is 0 Å². The fourth-order valence-corrected chi connectivity index (χ4v) is 1.63. The van der Waals surface area contributed by atoms with E-state index in [0.717, 1.165) is 0 Å². The Kier molecular flexibility index (Phi) is 2.61. The summed E-state index contributed by atoms with van der Waals surface area (Å²) in [5.41, 5.74) is 2.55. The first-order valence-electron chi connectivity index (χ1n) is 3.87. The van der Waals surface area contributed by atoms with Gasteiger partial charge in [0, 0.05) is 18.7 Å². The summed E-state index contributed by atoms with van der Waals surface area (Å²) in [5, 5.41) is 3.32. The third-order valence-electron chi connectivity index (χ3n) is 2.16. The van der Waals surface area contributed by atoms with Crippen molar-refractivity contribution >= 4 is 11.6 Å². The Hall–Kier alpha value is -0.430. The van der Waals surface area contributed by atoms with Crippen LogP contribution in [-0.2, 0) is 0 Å². The van der Waals surface area contributed by atoms with E-state index in [1.165, 1.54) is 11.3 Å². The molecule has 1 nitrogen and oxygen atoms in total. The predicted octanol–water partition coefficient (Wildman–Crippen LogP) is 2.29. The van der Waals surface area contributed by atoms with Gasteiger partial charge in [-0.25, -0.2) is 0 Å². The maximum absolute atomic E-state index is 6.04. The minimum absolute atomic E-state index is 0.140. The van der Waals surface area contributed by atoms with Crippen molar-refractivity contribution in [2.45, 2.75) is 19.2 Å². The van der Waals surface area contributed by atoms with Crippen LogP contribution in [0.25, 0.3) is 0 Å². The fourth-order valence-electron chi connectivity index (χ4n) is 1.44. The van der Waals surface area contributed by atoms with Crippen LogP contribution in [0, 0.1) is 5.92 Å². The van der Waals surface area contributed by atoms with Gasteiger partial charge < -0.3 is 5.32 Å². The van der Waals surface area contributed by atoms with Gasteiger partial charge in [-0.05, 0) is 12.5 Å². The van der Waals surface area contributed by atoms with E-state index in [9.17, 15) is 0 Å². The van der Waals surface area contributed by atoms with Crippen LogP contribution in [0.3, 0.4) is 0 Å². The van der Waals surface area contributed by atoms with Crippen LogP contribution in [0.15, 0.2) is 23.4 Å². The number of rotatable bonds is 1.